The highest BCUT2D eigenvalue weighted by Gasteiger charge is 2.08. The summed E-state index contributed by atoms with van der Waals surface area (Å²) in [5, 5.41) is 4.38. The van der Waals surface area contributed by atoms with Gasteiger partial charge in [-0.2, -0.15) is 5.10 Å². The topological polar surface area (TPSA) is 41.5 Å². The molecule has 1 amide bonds. The van der Waals surface area contributed by atoms with E-state index in [2.05, 4.69) is 10.5 Å². The molecule has 0 bridgehead atoms. The second-order valence-corrected chi connectivity index (χ2v) is 5.39. The van der Waals surface area contributed by atoms with E-state index < -0.39 is 0 Å². The van der Waals surface area contributed by atoms with E-state index in [1.807, 2.05) is 56.3 Å². The monoisotopic (exact) mass is 312 g/mol. The molecule has 0 atom stereocenters. The fourth-order valence-electron chi connectivity index (χ4n) is 1.91. The van der Waals surface area contributed by atoms with E-state index in [-0.39, 0.29) is 5.91 Å². The quantitative estimate of drug-likeness (QED) is 0.657. The van der Waals surface area contributed by atoms with Crippen molar-refractivity contribution in [3.05, 3.63) is 75.8 Å². The number of halogens is 1. The maximum absolute atomic E-state index is 12.0. The molecule has 0 saturated heterocycles. The molecule has 0 saturated carbocycles. The average Bonchev–Trinajstić information content (AvgIpc) is 2.48. The summed E-state index contributed by atoms with van der Waals surface area (Å²) in [6.07, 6.45) is 3.58. The van der Waals surface area contributed by atoms with Crippen LogP contribution in [0.15, 0.2) is 59.2 Å². The molecule has 0 aliphatic heterocycles. The molecule has 22 heavy (non-hydrogen) atoms. The summed E-state index contributed by atoms with van der Waals surface area (Å²) in [7, 11) is 0. The van der Waals surface area contributed by atoms with Crippen molar-refractivity contribution in [2.45, 2.75) is 13.8 Å². The lowest BCUT2D eigenvalue weighted by molar-refractivity contribution is 0.0955. The second kappa shape index (κ2) is 7.57. The zero-order chi connectivity index (χ0) is 15.9. The number of nitrogens with one attached hydrogen (secondary N) is 1. The first-order chi connectivity index (χ1) is 10.6. The molecule has 2 aromatic carbocycles. The molecule has 1 N–H and O–H groups in total. The van der Waals surface area contributed by atoms with Gasteiger partial charge in [-0.05, 0) is 42.7 Å². The van der Waals surface area contributed by atoms with Gasteiger partial charge < -0.3 is 0 Å². The minimum Gasteiger partial charge on any atom is -0.267 e. The van der Waals surface area contributed by atoms with Crippen LogP contribution in [0.3, 0.4) is 0 Å². The van der Waals surface area contributed by atoms with Gasteiger partial charge in [0.1, 0.15) is 0 Å². The zero-order valence-corrected chi connectivity index (χ0v) is 13.3. The Morgan fingerprint density at radius 2 is 1.91 bits per heavy atom. The lowest BCUT2D eigenvalue weighted by atomic mass is 10.1. The minimum absolute atomic E-state index is 0.325. The molecule has 0 aliphatic carbocycles. The summed E-state index contributed by atoms with van der Waals surface area (Å²) in [5.74, 6) is -0.325. The van der Waals surface area contributed by atoms with Crippen molar-refractivity contribution < 1.29 is 4.79 Å². The van der Waals surface area contributed by atoms with Crippen LogP contribution in [-0.4, -0.2) is 12.1 Å². The van der Waals surface area contributed by atoms with Crippen LogP contribution in [0, 0.1) is 6.92 Å². The van der Waals surface area contributed by atoms with Crippen LogP contribution in [0.5, 0.6) is 0 Å². The number of hydrogen-bond donors (Lipinski definition) is 1. The Morgan fingerprint density at radius 3 is 2.59 bits per heavy atom. The van der Waals surface area contributed by atoms with Gasteiger partial charge in [-0.15, -0.1) is 0 Å². The highest BCUT2D eigenvalue weighted by molar-refractivity contribution is 6.33. The maximum Gasteiger partial charge on any atom is 0.272 e. The van der Waals surface area contributed by atoms with Crippen LogP contribution in [0.4, 0.5) is 0 Å². The number of rotatable bonds is 4. The van der Waals surface area contributed by atoms with Gasteiger partial charge in [-0.3, -0.25) is 4.79 Å². The first kappa shape index (κ1) is 16.0. The third-order valence-electron chi connectivity index (χ3n) is 3.00. The Kier molecular flexibility index (Phi) is 5.50. The van der Waals surface area contributed by atoms with Crippen LogP contribution in [0.1, 0.15) is 28.4 Å². The number of carbonyl (C=O) groups excluding carboxylic acids is 1. The standard InChI is InChI=1S/C18H17ClN2O/c1-13-8-9-16(17(19)11-13)18(22)21-20-12-14(2)10-15-6-4-3-5-7-15/h3-12H,1-2H3,(H,21,22)/b14-10+,20-12+. The van der Waals surface area contributed by atoms with E-state index in [0.29, 0.717) is 10.6 Å². The van der Waals surface area contributed by atoms with Crippen molar-refractivity contribution in [3.63, 3.8) is 0 Å². The number of carbonyl (C=O) groups is 1. The van der Waals surface area contributed by atoms with Crippen molar-refractivity contribution in [1.82, 2.24) is 5.43 Å². The zero-order valence-electron chi connectivity index (χ0n) is 12.5. The molecule has 0 heterocycles. The van der Waals surface area contributed by atoms with Crippen molar-refractivity contribution in [2.24, 2.45) is 5.10 Å². The largest absolute Gasteiger partial charge is 0.272 e. The number of nitrogens with zero attached hydrogens (tertiary/aromatic N) is 1. The van der Waals surface area contributed by atoms with Gasteiger partial charge in [0, 0.05) is 0 Å². The molecular weight excluding hydrogens is 296 g/mol. The predicted octanol–water partition coefficient (Wildman–Crippen LogP) is 4.47. The normalized spacial score (nSPS) is 11.7. The summed E-state index contributed by atoms with van der Waals surface area (Å²) >= 11 is 6.05. The number of benzene rings is 2. The molecule has 3 nitrogen and oxygen atoms in total. The smallest absolute Gasteiger partial charge is 0.267 e. The van der Waals surface area contributed by atoms with Crippen molar-refractivity contribution in [3.8, 4) is 0 Å². The van der Waals surface area contributed by atoms with Gasteiger partial charge in [0.15, 0.2) is 0 Å². The SMILES string of the molecule is CC(/C=N/NC(=O)c1ccc(C)cc1Cl)=C\c1ccccc1. The molecule has 4 heteroatoms. The minimum atomic E-state index is -0.325. The summed E-state index contributed by atoms with van der Waals surface area (Å²) in [6.45, 7) is 3.84. The van der Waals surface area contributed by atoms with E-state index in [1.165, 1.54) is 0 Å². The molecule has 0 radical (unpaired) electrons. The summed E-state index contributed by atoms with van der Waals surface area (Å²) in [4.78, 5) is 12.0. The van der Waals surface area contributed by atoms with E-state index in [1.54, 1.807) is 18.3 Å². The molecule has 0 aromatic heterocycles. The molecule has 0 aliphatic rings. The van der Waals surface area contributed by atoms with E-state index in [9.17, 15) is 4.79 Å². The van der Waals surface area contributed by atoms with Crippen LogP contribution in [0.25, 0.3) is 6.08 Å². The van der Waals surface area contributed by atoms with Crippen molar-refractivity contribution in [1.29, 1.82) is 0 Å². The fraction of sp³-hybridized carbons (Fsp3) is 0.111. The fourth-order valence-corrected chi connectivity index (χ4v) is 2.23. The molecule has 2 aromatic rings. The first-order valence-corrected chi connectivity index (χ1v) is 7.27. The summed E-state index contributed by atoms with van der Waals surface area (Å²) < 4.78 is 0. The molecule has 0 fully saturated rings. The van der Waals surface area contributed by atoms with E-state index in [4.69, 9.17) is 11.6 Å². The van der Waals surface area contributed by atoms with Crippen molar-refractivity contribution >= 4 is 29.8 Å². The number of hydrazone groups is 1. The third-order valence-corrected chi connectivity index (χ3v) is 3.31. The first-order valence-electron chi connectivity index (χ1n) is 6.89. The Bertz CT molecular complexity index is 721. The van der Waals surface area contributed by atoms with Gasteiger partial charge in [-0.1, -0.05) is 54.1 Å². The van der Waals surface area contributed by atoms with E-state index in [0.717, 1.165) is 16.7 Å². The van der Waals surface area contributed by atoms with Gasteiger partial charge in [0.2, 0.25) is 0 Å². The average molecular weight is 313 g/mol. The Labute approximate surface area is 135 Å². The van der Waals surface area contributed by atoms with E-state index >= 15 is 0 Å². The lowest BCUT2D eigenvalue weighted by Crippen LogP contribution is -2.18. The van der Waals surface area contributed by atoms with Gasteiger partial charge in [0.25, 0.3) is 5.91 Å². The summed E-state index contributed by atoms with van der Waals surface area (Å²) in [6, 6.07) is 15.2. The highest BCUT2D eigenvalue weighted by atomic mass is 35.5. The molecule has 112 valence electrons. The third kappa shape index (κ3) is 4.57. The highest BCUT2D eigenvalue weighted by Crippen LogP contribution is 2.17. The van der Waals surface area contributed by atoms with Crippen LogP contribution >= 0.6 is 11.6 Å². The predicted molar refractivity (Wildman–Crippen MR) is 92.2 cm³/mol. The lowest BCUT2D eigenvalue weighted by Gasteiger charge is -2.03. The van der Waals surface area contributed by atoms with Gasteiger partial charge >= 0.3 is 0 Å². The van der Waals surface area contributed by atoms with Crippen LogP contribution < -0.4 is 5.43 Å². The Morgan fingerprint density at radius 1 is 1.18 bits per heavy atom. The Hall–Kier alpha value is -2.39. The molecule has 2 rings (SSSR count). The number of hydrogen-bond acceptors (Lipinski definition) is 2. The molecular formula is C18H17ClN2O. The maximum atomic E-state index is 12.0. The van der Waals surface area contributed by atoms with Crippen LogP contribution in [0.2, 0.25) is 5.02 Å². The van der Waals surface area contributed by atoms with Gasteiger partial charge in [-0.25, -0.2) is 5.43 Å². The number of allylic oxidation sites excluding steroid dienone is 1. The summed E-state index contributed by atoms with van der Waals surface area (Å²) in [5.41, 5.74) is 5.91. The van der Waals surface area contributed by atoms with Crippen LogP contribution in [-0.2, 0) is 0 Å². The number of amides is 1. The molecule has 0 spiro atoms. The number of aryl methyl sites for hydroxylation is 1. The second-order valence-electron chi connectivity index (χ2n) is 4.98. The molecule has 0 unspecified atom stereocenters. The van der Waals surface area contributed by atoms with Crippen molar-refractivity contribution in [2.75, 3.05) is 0 Å². The van der Waals surface area contributed by atoms with Gasteiger partial charge in [0.05, 0.1) is 16.8 Å². The Balaban J connectivity index is 2.00.